The van der Waals surface area contributed by atoms with Gasteiger partial charge in [0.1, 0.15) is 17.3 Å². The molecule has 1 unspecified atom stereocenters. The predicted molar refractivity (Wildman–Crippen MR) is 130 cm³/mol. The summed E-state index contributed by atoms with van der Waals surface area (Å²) in [6, 6.07) is 7.25. The molecule has 3 aliphatic rings. The van der Waals surface area contributed by atoms with Gasteiger partial charge in [-0.1, -0.05) is 6.07 Å². The molecule has 0 spiro atoms. The van der Waals surface area contributed by atoms with Crippen LogP contribution in [0.4, 0.5) is 11.8 Å². The first kappa shape index (κ1) is 22.9. The van der Waals surface area contributed by atoms with Gasteiger partial charge in [-0.05, 0) is 68.2 Å². The van der Waals surface area contributed by atoms with Crippen molar-refractivity contribution in [3.05, 3.63) is 41.1 Å². The number of aromatic nitrogens is 2. The molecule has 1 aromatic carbocycles. The molecule has 5 N–H and O–H groups in total. The highest BCUT2D eigenvalue weighted by molar-refractivity contribution is 5.93. The summed E-state index contributed by atoms with van der Waals surface area (Å²) in [4.78, 5) is 24.5. The molecule has 9 nitrogen and oxygen atoms in total. The molecule has 0 bridgehead atoms. The van der Waals surface area contributed by atoms with Crippen LogP contribution in [0.5, 0.6) is 5.75 Å². The number of aromatic hydroxyl groups is 1. The molecule has 1 aromatic heterocycles. The molecule has 1 amide bonds. The first-order valence-electron chi connectivity index (χ1n) is 12.5. The standard InChI is InChI=1S/C25H34N6O3/c32-19-8-7-16-12-20(26-14-17(16)11-19)22(33)15-27-24(34)21-13-23(28-18-5-4-6-18)30-25(29-21)31-9-2-1-3-10-31/h7-8,11,13,18,20,22,26,32-33H,1-6,9-10,12,14-15H2,(H,27,34)(H,28,29,30)/t20-,22?/m0/s1. The number of nitrogens with zero attached hydrogens (tertiary/aromatic N) is 3. The fourth-order valence-corrected chi connectivity index (χ4v) is 4.85. The lowest BCUT2D eigenvalue weighted by atomic mass is 9.92. The number of rotatable bonds is 7. The fourth-order valence-electron chi connectivity index (χ4n) is 4.85. The number of fused-ring (bicyclic) bond motifs is 1. The Bertz CT molecular complexity index is 1020. The van der Waals surface area contributed by atoms with Crippen LogP contribution in [0.1, 0.15) is 60.1 Å². The second kappa shape index (κ2) is 10.1. The van der Waals surface area contributed by atoms with Crippen molar-refractivity contribution in [2.75, 3.05) is 29.9 Å². The van der Waals surface area contributed by atoms with Gasteiger partial charge in [-0.2, -0.15) is 4.98 Å². The van der Waals surface area contributed by atoms with Crippen LogP contribution < -0.4 is 20.9 Å². The molecule has 34 heavy (non-hydrogen) atoms. The third-order valence-electron chi connectivity index (χ3n) is 7.16. The van der Waals surface area contributed by atoms with Gasteiger partial charge in [0.05, 0.1) is 6.10 Å². The van der Waals surface area contributed by atoms with Crippen molar-refractivity contribution in [2.45, 2.75) is 69.7 Å². The van der Waals surface area contributed by atoms with Crippen LogP contribution >= 0.6 is 0 Å². The number of nitrogens with one attached hydrogen (secondary N) is 3. The molecule has 5 rings (SSSR count). The zero-order valence-corrected chi connectivity index (χ0v) is 19.5. The third-order valence-corrected chi connectivity index (χ3v) is 7.16. The summed E-state index contributed by atoms with van der Waals surface area (Å²) in [5, 5.41) is 30.0. The molecule has 1 aliphatic carbocycles. The van der Waals surface area contributed by atoms with E-state index in [0.29, 0.717) is 36.5 Å². The quantitative estimate of drug-likeness (QED) is 0.420. The normalized spacial score (nSPS) is 21.3. The summed E-state index contributed by atoms with van der Waals surface area (Å²) in [6.07, 6.45) is 6.76. The Balaban J connectivity index is 1.24. The van der Waals surface area contributed by atoms with Crippen LogP contribution in [-0.4, -0.2) is 63.9 Å². The molecule has 9 heteroatoms. The van der Waals surface area contributed by atoms with Crippen molar-refractivity contribution in [2.24, 2.45) is 0 Å². The van der Waals surface area contributed by atoms with E-state index in [0.717, 1.165) is 49.9 Å². The summed E-state index contributed by atoms with van der Waals surface area (Å²) in [6.45, 7) is 2.50. The van der Waals surface area contributed by atoms with Crippen molar-refractivity contribution < 1.29 is 15.0 Å². The zero-order valence-electron chi connectivity index (χ0n) is 19.5. The smallest absolute Gasteiger partial charge is 0.270 e. The van der Waals surface area contributed by atoms with E-state index in [9.17, 15) is 15.0 Å². The summed E-state index contributed by atoms with van der Waals surface area (Å²) in [5.74, 6) is 1.23. The number of phenolic OH excluding ortho intramolecular Hbond substituents is 1. The number of phenols is 1. The molecule has 2 aromatic rings. The maximum atomic E-state index is 13.0. The van der Waals surface area contributed by atoms with Gasteiger partial charge in [0.25, 0.3) is 5.91 Å². The number of piperidine rings is 1. The number of hydrogen-bond acceptors (Lipinski definition) is 8. The second-order valence-corrected chi connectivity index (χ2v) is 9.68. The third kappa shape index (κ3) is 5.26. The van der Waals surface area contributed by atoms with Crippen LogP contribution in [0.2, 0.25) is 0 Å². The lowest BCUT2D eigenvalue weighted by Crippen LogP contribution is -2.49. The van der Waals surface area contributed by atoms with Crippen molar-refractivity contribution in [3.63, 3.8) is 0 Å². The first-order chi connectivity index (χ1) is 16.5. The maximum Gasteiger partial charge on any atom is 0.270 e. The van der Waals surface area contributed by atoms with Crippen molar-refractivity contribution in [3.8, 4) is 5.75 Å². The van der Waals surface area contributed by atoms with Gasteiger partial charge >= 0.3 is 0 Å². The number of carbonyl (C=O) groups is 1. The first-order valence-corrected chi connectivity index (χ1v) is 12.5. The molecule has 1 saturated heterocycles. The van der Waals surface area contributed by atoms with Gasteiger partial charge in [-0.3, -0.25) is 4.79 Å². The van der Waals surface area contributed by atoms with E-state index >= 15 is 0 Å². The predicted octanol–water partition coefficient (Wildman–Crippen LogP) is 1.94. The molecule has 2 fully saturated rings. The minimum atomic E-state index is -0.748. The number of carbonyl (C=O) groups excluding carboxylic acids is 1. The van der Waals surface area contributed by atoms with Crippen LogP contribution in [0.25, 0.3) is 0 Å². The Morgan fingerprint density at radius 1 is 1.12 bits per heavy atom. The summed E-state index contributed by atoms with van der Waals surface area (Å²) in [5.41, 5.74) is 2.45. The number of amides is 1. The highest BCUT2D eigenvalue weighted by Crippen LogP contribution is 2.25. The molecule has 182 valence electrons. The number of benzene rings is 1. The highest BCUT2D eigenvalue weighted by Gasteiger charge is 2.26. The van der Waals surface area contributed by atoms with E-state index in [2.05, 4.69) is 25.8 Å². The van der Waals surface area contributed by atoms with Gasteiger partial charge in [0.15, 0.2) is 0 Å². The minimum Gasteiger partial charge on any atom is -0.508 e. The van der Waals surface area contributed by atoms with Gasteiger partial charge in [-0.15, -0.1) is 0 Å². The lowest BCUT2D eigenvalue weighted by Gasteiger charge is -2.30. The van der Waals surface area contributed by atoms with Gasteiger partial charge in [0.2, 0.25) is 5.95 Å². The average molecular weight is 467 g/mol. The number of hydrogen-bond donors (Lipinski definition) is 5. The van der Waals surface area contributed by atoms with E-state index in [-0.39, 0.29) is 24.2 Å². The number of aliphatic hydroxyl groups is 1. The van der Waals surface area contributed by atoms with Gasteiger partial charge < -0.3 is 31.1 Å². The summed E-state index contributed by atoms with van der Waals surface area (Å²) < 4.78 is 0. The van der Waals surface area contributed by atoms with Crippen LogP contribution in [0.3, 0.4) is 0 Å². The second-order valence-electron chi connectivity index (χ2n) is 9.68. The van der Waals surface area contributed by atoms with E-state index in [4.69, 9.17) is 4.98 Å². The lowest BCUT2D eigenvalue weighted by molar-refractivity contribution is 0.0865. The molecular weight excluding hydrogens is 432 g/mol. The summed E-state index contributed by atoms with van der Waals surface area (Å²) >= 11 is 0. The topological polar surface area (TPSA) is 123 Å². The Labute approximate surface area is 200 Å². The largest absolute Gasteiger partial charge is 0.508 e. The number of aliphatic hydroxyl groups excluding tert-OH is 1. The van der Waals surface area contributed by atoms with Crippen molar-refractivity contribution in [1.29, 1.82) is 0 Å². The molecule has 0 radical (unpaired) electrons. The van der Waals surface area contributed by atoms with Crippen LogP contribution in [-0.2, 0) is 13.0 Å². The Hall–Kier alpha value is -2.91. The van der Waals surface area contributed by atoms with E-state index in [1.54, 1.807) is 18.2 Å². The zero-order chi connectivity index (χ0) is 23.5. The molecule has 1 saturated carbocycles. The SMILES string of the molecule is O=C(NCC(O)[C@@H]1Cc2ccc(O)cc2CN1)c1cc(NC2CCC2)nc(N2CCCCC2)n1. The van der Waals surface area contributed by atoms with Crippen molar-refractivity contribution in [1.82, 2.24) is 20.6 Å². The van der Waals surface area contributed by atoms with Gasteiger partial charge in [-0.25, -0.2) is 4.98 Å². The highest BCUT2D eigenvalue weighted by atomic mass is 16.3. The number of anilines is 2. The molecule has 3 heterocycles. The fraction of sp³-hybridized carbons (Fsp3) is 0.560. The molecule has 2 aliphatic heterocycles. The van der Waals surface area contributed by atoms with Crippen LogP contribution in [0.15, 0.2) is 24.3 Å². The maximum absolute atomic E-state index is 13.0. The van der Waals surface area contributed by atoms with Crippen molar-refractivity contribution >= 4 is 17.7 Å². The Morgan fingerprint density at radius 3 is 2.71 bits per heavy atom. The summed E-state index contributed by atoms with van der Waals surface area (Å²) in [7, 11) is 0. The van der Waals surface area contributed by atoms with E-state index in [1.165, 1.54) is 12.8 Å². The molecule has 2 atom stereocenters. The van der Waals surface area contributed by atoms with Gasteiger partial charge in [0, 0.05) is 44.3 Å². The molecular formula is C25H34N6O3. The van der Waals surface area contributed by atoms with E-state index in [1.807, 2.05) is 6.07 Å². The minimum absolute atomic E-state index is 0.123. The van der Waals surface area contributed by atoms with Crippen LogP contribution in [0, 0.1) is 0 Å². The Kier molecular flexibility index (Phi) is 6.82. The Morgan fingerprint density at radius 2 is 1.94 bits per heavy atom. The monoisotopic (exact) mass is 466 g/mol. The van der Waals surface area contributed by atoms with E-state index < -0.39 is 6.10 Å². The average Bonchev–Trinajstić information content (AvgIpc) is 2.84.